The third kappa shape index (κ3) is 5.89. The van der Waals surface area contributed by atoms with Crippen molar-refractivity contribution in [2.75, 3.05) is 4.90 Å². The number of alkyl halides is 3. The number of nitrogens with zero attached hydrogens (tertiary/aromatic N) is 3. The molecule has 5 rings (SSSR count). The number of oxime groups is 1. The minimum atomic E-state index is -5.21. The first-order chi connectivity index (χ1) is 19.9. The highest BCUT2D eigenvalue weighted by Crippen LogP contribution is 2.48. The van der Waals surface area contributed by atoms with Crippen molar-refractivity contribution in [2.24, 2.45) is 5.16 Å². The summed E-state index contributed by atoms with van der Waals surface area (Å²) in [5.74, 6) is -2.62. The summed E-state index contributed by atoms with van der Waals surface area (Å²) in [4.78, 5) is 36.2. The van der Waals surface area contributed by atoms with Gasteiger partial charge in [-0.1, -0.05) is 23.4 Å². The molecule has 0 saturated heterocycles. The zero-order chi connectivity index (χ0) is 30.1. The Morgan fingerprint density at radius 2 is 1.76 bits per heavy atom. The van der Waals surface area contributed by atoms with Crippen molar-refractivity contribution in [2.45, 2.75) is 76.3 Å². The van der Waals surface area contributed by atoms with E-state index in [-0.39, 0.29) is 38.0 Å². The number of nitrogens with one attached hydrogen (secondary N) is 1. The number of fused-ring (bicyclic) bond motifs is 1. The van der Waals surface area contributed by atoms with Crippen molar-refractivity contribution in [3.8, 4) is 5.75 Å². The third-order valence-corrected chi connectivity index (χ3v) is 8.02. The fourth-order valence-corrected chi connectivity index (χ4v) is 6.06. The number of halogens is 3. The second-order valence-electron chi connectivity index (χ2n) is 11.1. The summed E-state index contributed by atoms with van der Waals surface area (Å²) < 4.78 is 48.0. The number of amides is 2. The maximum Gasteiger partial charge on any atom is 0.471 e. The van der Waals surface area contributed by atoms with Crippen LogP contribution < -0.4 is 15.1 Å². The maximum atomic E-state index is 14.0. The van der Waals surface area contributed by atoms with Crippen LogP contribution >= 0.6 is 0 Å². The second-order valence-corrected chi connectivity index (χ2v) is 11.1. The normalized spacial score (nSPS) is 22.0. The SMILES string of the molecule is CC1=NOC2(CCC(CC(=O)NO)(N(C(=O)C(F)(F)F)c3ccc(OCc4cc(C)nc5ccccc45)cc3)CC2)C1. The Bertz CT molecular complexity index is 1520. The summed E-state index contributed by atoms with van der Waals surface area (Å²) >= 11 is 0. The Kier molecular flexibility index (Phi) is 7.84. The van der Waals surface area contributed by atoms with Gasteiger partial charge in [-0.15, -0.1) is 0 Å². The predicted octanol–water partition coefficient (Wildman–Crippen LogP) is 5.76. The van der Waals surface area contributed by atoms with Gasteiger partial charge in [0.2, 0.25) is 5.91 Å². The summed E-state index contributed by atoms with van der Waals surface area (Å²) in [7, 11) is 0. The molecule has 42 heavy (non-hydrogen) atoms. The highest BCUT2D eigenvalue weighted by molar-refractivity contribution is 5.99. The highest BCUT2D eigenvalue weighted by atomic mass is 19.4. The minimum Gasteiger partial charge on any atom is -0.489 e. The van der Waals surface area contributed by atoms with Crippen LogP contribution in [0.2, 0.25) is 0 Å². The van der Waals surface area contributed by atoms with Crippen LogP contribution in [-0.4, -0.2) is 45.0 Å². The number of hydrogen-bond donors (Lipinski definition) is 2. The largest absolute Gasteiger partial charge is 0.489 e. The molecule has 12 heteroatoms. The van der Waals surface area contributed by atoms with Crippen LogP contribution in [0.15, 0.2) is 59.8 Å². The quantitative estimate of drug-likeness (QED) is 0.270. The monoisotopic (exact) mass is 584 g/mol. The number of hydroxylamine groups is 1. The zero-order valence-electron chi connectivity index (χ0n) is 23.2. The number of carbonyl (C=O) groups excluding carboxylic acids is 2. The molecular weight excluding hydrogens is 553 g/mol. The van der Waals surface area contributed by atoms with Crippen LogP contribution in [-0.2, 0) is 21.0 Å². The molecule has 2 N–H and O–H groups in total. The van der Waals surface area contributed by atoms with Gasteiger partial charge in [0.15, 0.2) is 0 Å². The van der Waals surface area contributed by atoms with Crippen molar-refractivity contribution < 1.29 is 37.5 Å². The number of pyridine rings is 1. The van der Waals surface area contributed by atoms with Gasteiger partial charge in [0.25, 0.3) is 0 Å². The van der Waals surface area contributed by atoms with Crippen LogP contribution in [0.5, 0.6) is 5.75 Å². The minimum absolute atomic E-state index is 0.0256. The number of rotatable bonds is 7. The van der Waals surface area contributed by atoms with Crippen molar-refractivity contribution in [1.29, 1.82) is 0 Å². The summed E-state index contributed by atoms with van der Waals surface area (Å²) in [6, 6.07) is 15.3. The lowest BCUT2D eigenvalue weighted by atomic mass is 9.69. The van der Waals surface area contributed by atoms with Crippen molar-refractivity contribution in [3.63, 3.8) is 0 Å². The van der Waals surface area contributed by atoms with E-state index in [1.807, 2.05) is 37.3 Å². The van der Waals surface area contributed by atoms with E-state index < -0.39 is 35.6 Å². The molecule has 2 aromatic carbocycles. The van der Waals surface area contributed by atoms with Gasteiger partial charge in [-0.05, 0) is 75.9 Å². The summed E-state index contributed by atoms with van der Waals surface area (Å²) in [5, 5.41) is 14.2. The highest BCUT2D eigenvalue weighted by Gasteiger charge is 2.56. The Balaban J connectivity index is 1.43. The lowest BCUT2D eigenvalue weighted by Gasteiger charge is -2.49. The molecule has 1 aliphatic heterocycles. The molecule has 2 heterocycles. The average molecular weight is 585 g/mol. The average Bonchev–Trinajstić information content (AvgIpc) is 3.33. The predicted molar refractivity (Wildman–Crippen MR) is 148 cm³/mol. The number of aryl methyl sites for hydroxylation is 1. The molecule has 3 aromatic rings. The number of hydrogen-bond acceptors (Lipinski definition) is 7. The van der Waals surface area contributed by atoms with E-state index in [4.69, 9.17) is 9.57 Å². The Morgan fingerprint density at radius 3 is 2.38 bits per heavy atom. The van der Waals surface area contributed by atoms with Crippen LogP contribution in [0, 0.1) is 6.92 Å². The molecule has 0 bridgehead atoms. The van der Waals surface area contributed by atoms with Crippen LogP contribution in [0.4, 0.5) is 18.9 Å². The Hall–Kier alpha value is -4.19. The van der Waals surface area contributed by atoms with Gasteiger partial charge in [0.05, 0.1) is 23.2 Å². The molecule has 1 aromatic heterocycles. The maximum absolute atomic E-state index is 14.0. The Morgan fingerprint density at radius 1 is 1.07 bits per heavy atom. The smallest absolute Gasteiger partial charge is 0.471 e. The topological polar surface area (TPSA) is 113 Å². The van der Waals surface area contributed by atoms with E-state index in [2.05, 4.69) is 10.1 Å². The number of aromatic nitrogens is 1. The number of para-hydroxylation sites is 1. The van der Waals surface area contributed by atoms with E-state index in [0.29, 0.717) is 17.1 Å². The third-order valence-electron chi connectivity index (χ3n) is 8.02. The number of benzene rings is 2. The van der Waals surface area contributed by atoms with E-state index in [1.165, 1.54) is 29.7 Å². The van der Waals surface area contributed by atoms with Crippen LogP contribution in [0.25, 0.3) is 10.9 Å². The molecule has 1 spiro atoms. The lowest BCUT2D eigenvalue weighted by Crippen LogP contribution is -2.61. The van der Waals surface area contributed by atoms with Gasteiger partial charge in [0, 0.05) is 28.8 Å². The summed E-state index contributed by atoms with van der Waals surface area (Å²) in [6.07, 6.45) is -4.63. The van der Waals surface area contributed by atoms with Gasteiger partial charge in [-0.25, -0.2) is 5.48 Å². The van der Waals surface area contributed by atoms with Crippen molar-refractivity contribution >= 4 is 34.1 Å². The summed E-state index contributed by atoms with van der Waals surface area (Å²) in [6.45, 7) is 3.87. The molecule has 1 fully saturated rings. The van der Waals surface area contributed by atoms with E-state index in [1.54, 1.807) is 6.92 Å². The first kappa shape index (κ1) is 29.3. The number of carbonyl (C=O) groups is 2. The first-order valence-electron chi connectivity index (χ1n) is 13.6. The molecule has 0 radical (unpaired) electrons. The molecule has 9 nitrogen and oxygen atoms in total. The fraction of sp³-hybridized carbons (Fsp3) is 0.400. The van der Waals surface area contributed by atoms with Gasteiger partial charge >= 0.3 is 12.1 Å². The van der Waals surface area contributed by atoms with Gasteiger partial charge < -0.3 is 9.57 Å². The van der Waals surface area contributed by atoms with Gasteiger partial charge in [-0.3, -0.25) is 24.7 Å². The standard InChI is InChI=1S/C30H31F3N4O5/c1-19-15-21(24-5-3-4-6-25(24)34-19)18-41-23-9-7-22(8-10-23)37(27(39)30(31,32)33)28(17-26(38)35-40)11-13-29(14-12-28)16-20(2)36-42-29/h3-10,15,40H,11-14,16-18H2,1-2H3,(H,35,38). The van der Waals surface area contributed by atoms with Crippen LogP contribution in [0.3, 0.4) is 0 Å². The van der Waals surface area contributed by atoms with E-state index >= 15 is 0 Å². The van der Waals surface area contributed by atoms with E-state index in [9.17, 15) is 28.0 Å². The molecule has 1 saturated carbocycles. The van der Waals surface area contributed by atoms with Crippen molar-refractivity contribution in [3.05, 3.63) is 65.9 Å². The molecule has 222 valence electrons. The number of anilines is 1. The van der Waals surface area contributed by atoms with Gasteiger partial charge in [-0.2, -0.15) is 13.2 Å². The van der Waals surface area contributed by atoms with E-state index in [0.717, 1.165) is 27.9 Å². The van der Waals surface area contributed by atoms with Crippen LogP contribution in [0.1, 0.15) is 56.7 Å². The molecule has 0 atom stereocenters. The first-order valence-corrected chi connectivity index (χ1v) is 13.6. The second kappa shape index (κ2) is 11.2. The fourth-order valence-electron chi connectivity index (χ4n) is 6.06. The zero-order valence-corrected chi connectivity index (χ0v) is 23.2. The lowest BCUT2D eigenvalue weighted by molar-refractivity contribution is -0.173. The Labute approximate surface area is 240 Å². The molecule has 2 aliphatic rings. The number of ether oxygens (including phenoxy) is 1. The van der Waals surface area contributed by atoms with Crippen molar-refractivity contribution in [1.82, 2.24) is 10.5 Å². The van der Waals surface area contributed by atoms with Gasteiger partial charge in [0.1, 0.15) is 18.0 Å². The molecular formula is C30H31F3N4O5. The summed E-state index contributed by atoms with van der Waals surface area (Å²) in [5.41, 5.74) is 2.51. The molecule has 1 aliphatic carbocycles. The molecule has 2 amide bonds. The molecule has 0 unspecified atom stereocenters.